The molecule has 2 amide bonds. The van der Waals surface area contributed by atoms with Crippen LogP contribution in [0.15, 0.2) is 18.2 Å². The molecule has 1 saturated carbocycles. The quantitative estimate of drug-likeness (QED) is 0.726. The lowest BCUT2D eigenvalue weighted by molar-refractivity contribution is -0.314. The summed E-state index contributed by atoms with van der Waals surface area (Å²) in [6.45, 7) is 1.48. The number of aliphatic carboxylic acids is 1. The number of hydrogen-bond donors (Lipinski definition) is 2. The second kappa shape index (κ2) is 9.09. The van der Waals surface area contributed by atoms with Crippen LogP contribution in [0.3, 0.4) is 0 Å². The number of carbonyl (C=O) groups is 3. The monoisotopic (exact) mass is 401 g/mol. The van der Waals surface area contributed by atoms with E-state index in [0.717, 1.165) is 12.8 Å². The highest BCUT2D eigenvalue weighted by atomic mass is 35.5. The maximum atomic E-state index is 12.2. The van der Waals surface area contributed by atoms with E-state index in [1.807, 2.05) is 0 Å². The van der Waals surface area contributed by atoms with Crippen LogP contribution in [-0.2, 0) is 14.4 Å². The summed E-state index contributed by atoms with van der Waals surface area (Å²) < 4.78 is 5.44. The number of carboxylic acid groups (broad SMARTS) is 1. The zero-order valence-electron chi connectivity index (χ0n) is 14.1. The summed E-state index contributed by atoms with van der Waals surface area (Å²) in [4.78, 5) is 35.4. The fourth-order valence-electron chi connectivity index (χ4n) is 2.86. The average molecular weight is 402 g/mol. The molecule has 3 atom stereocenters. The van der Waals surface area contributed by atoms with Gasteiger partial charge in [-0.1, -0.05) is 36.0 Å². The third-order valence-electron chi connectivity index (χ3n) is 4.28. The van der Waals surface area contributed by atoms with E-state index < -0.39 is 35.7 Å². The molecular weight excluding hydrogens is 383 g/mol. The second-order valence-corrected chi connectivity index (χ2v) is 6.97. The van der Waals surface area contributed by atoms with Gasteiger partial charge in [0.05, 0.1) is 5.02 Å². The summed E-state index contributed by atoms with van der Waals surface area (Å²) in [5.41, 5.74) is 4.51. The molecule has 0 saturated heterocycles. The van der Waals surface area contributed by atoms with Crippen LogP contribution in [0.4, 0.5) is 0 Å². The van der Waals surface area contributed by atoms with Gasteiger partial charge in [-0.05, 0) is 38.0 Å². The van der Waals surface area contributed by atoms with Crippen molar-refractivity contribution in [1.29, 1.82) is 0 Å². The Labute approximate surface area is 161 Å². The Balaban J connectivity index is 1.88. The molecule has 0 bridgehead atoms. The van der Waals surface area contributed by atoms with Crippen molar-refractivity contribution in [2.45, 2.75) is 38.7 Å². The molecule has 1 aromatic rings. The van der Waals surface area contributed by atoms with Crippen LogP contribution in [0.5, 0.6) is 5.75 Å². The maximum absolute atomic E-state index is 12.2. The van der Waals surface area contributed by atoms with E-state index in [0.29, 0.717) is 17.9 Å². The van der Waals surface area contributed by atoms with E-state index in [1.165, 1.54) is 19.1 Å². The van der Waals surface area contributed by atoms with Gasteiger partial charge in [-0.15, -0.1) is 0 Å². The normalized spacial score (nSPS) is 20.7. The first-order valence-corrected chi connectivity index (χ1v) is 8.97. The number of halogens is 2. The number of rotatable bonds is 5. The zero-order valence-corrected chi connectivity index (χ0v) is 15.6. The minimum absolute atomic E-state index is 0.250. The minimum Gasteiger partial charge on any atom is -0.550 e. The molecule has 1 aliphatic rings. The molecule has 0 aliphatic heterocycles. The van der Waals surface area contributed by atoms with Crippen LogP contribution in [0.2, 0.25) is 10.0 Å². The van der Waals surface area contributed by atoms with Gasteiger partial charge in [0.15, 0.2) is 6.10 Å². The van der Waals surface area contributed by atoms with Crippen molar-refractivity contribution in [1.82, 2.24) is 10.9 Å². The smallest absolute Gasteiger partial charge is 0.279 e. The Hall–Kier alpha value is -1.99. The van der Waals surface area contributed by atoms with Gasteiger partial charge in [0, 0.05) is 22.8 Å². The van der Waals surface area contributed by atoms with Crippen LogP contribution in [0.25, 0.3) is 0 Å². The summed E-state index contributed by atoms with van der Waals surface area (Å²) in [7, 11) is 0. The maximum Gasteiger partial charge on any atom is 0.279 e. The standard InChI is InChI=1S/C17H20Cl2N2O5/c1-9(26-14-7-6-10(18)8-13(14)19)15(22)20-21-16(23)11-4-2-3-5-12(11)17(24)25/h6-9,11-12H,2-5H2,1H3,(H,20,22)(H,21,23)(H,24,25)/p-1/t9-,11-,12+/m0/s1. The van der Waals surface area contributed by atoms with Crippen molar-refractivity contribution >= 4 is 41.0 Å². The first-order chi connectivity index (χ1) is 12.3. The highest BCUT2D eigenvalue weighted by Gasteiger charge is 2.32. The van der Waals surface area contributed by atoms with Crippen molar-refractivity contribution < 1.29 is 24.2 Å². The van der Waals surface area contributed by atoms with Gasteiger partial charge < -0.3 is 14.6 Å². The van der Waals surface area contributed by atoms with Gasteiger partial charge in [-0.25, -0.2) is 0 Å². The van der Waals surface area contributed by atoms with E-state index in [2.05, 4.69) is 10.9 Å². The number of amides is 2. The van der Waals surface area contributed by atoms with Gasteiger partial charge in [0.25, 0.3) is 5.91 Å². The number of hydrazine groups is 1. The Kier molecular flexibility index (Phi) is 7.11. The van der Waals surface area contributed by atoms with Gasteiger partial charge >= 0.3 is 0 Å². The Morgan fingerprint density at radius 2 is 1.81 bits per heavy atom. The second-order valence-electron chi connectivity index (χ2n) is 6.13. The van der Waals surface area contributed by atoms with Crippen LogP contribution in [0, 0.1) is 11.8 Å². The molecule has 0 spiro atoms. The molecule has 2 rings (SSSR count). The Morgan fingerprint density at radius 1 is 1.15 bits per heavy atom. The van der Waals surface area contributed by atoms with Gasteiger partial charge in [0.1, 0.15) is 5.75 Å². The van der Waals surface area contributed by atoms with Crippen molar-refractivity contribution in [2.24, 2.45) is 11.8 Å². The molecule has 0 unspecified atom stereocenters. The van der Waals surface area contributed by atoms with Gasteiger partial charge in [-0.2, -0.15) is 0 Å². The molecule has 2 N–H and O–H groups in total. The van der Waals surface area contributed by atoms with Crippen LogP contribution >= 0.6 is 23.2 Å². The lowest BCUT2D eigenvalue weighted by Gasteiger charge is -2.31. The first-order valence-electron chi connectivity index (χ1n) is 8.22. The van der Waals surface area contributed by atoms with Gasteiger partial charge in [-0.3, -0.25) is 20.4 Å². The third-order valence-corrected chi connectivity index (χ3v) is 4.81. The minimum atomic E-state index is -1.25. The third kappa shape index (κ3) is 5.25. The lowest BCUT2D eigenvalue weighted by Crippen LogP contribution is -2.52. The summed E-state index contributed by atoms with van der Waals surface area (Å²) in [6, 6.07) is 4.58. The molecule has 7 nitrogen and oxygen atoms in total. The fraction of sp³-hybridized carbons (Fsp3) is 0.471. The number of nitrogens with one attached hydrogen (secondary N) is 2. The molecule has 1 aliphatic carbocycles. The van der Waals surface area contributed by atoms with Crippen LogP contribution in [0.1, 0.15) is 32.6 Å². The largest absolute Gasteiger partial charge is 0.550 e. The molecular formula is C17H19Cl2N2O5-. The lowest BCUT2D eigenvalue weighted by atomic mass is 9.79. The predicted molar refractivity (Wildman–Crippen MR) is 93.3 cm³/mol. The van der Waals surface area contributed by atoms with Crippen LogP contribution < -0.4 is 20.7 Å². The fourth-order valence-corrected chi connectivity index (χ4v) is 3.31. The molecule has 0 radical (unpaired) electrons. The summed E-state index contributed by atoms with van der Waals surface area (Å²) in [5, 5.41) is 11.8. The predicted octanol–water partition coefficient (Wildman–Crippen LogP) is 1.46. The molecule has 1 fully saturated rings. The number of benzene rings is 1. The van der Waals surface area contributed by atoms with E-state index >= 15 is 0 Å². The number of hydrogen-bond acceptors (Lipinski definition) is 5. The number of ether oxygens (including phenoxy) is 1. The molecule has 9 heteroatoms. The van der Waals surface area contributed by atoms with Crippen molar-refractivity contribution in [3.63, 3.8) is 0 Å². The van der Waals surface area contributed by atoms with E-state index in [1.54, 1.807) is 6.07 Å². The number of carbonyl (C=O) groups excluding carboxylic acids is 3. The van der Waals surface area contributed by atoms with Gasteiger partial charge in [0.2, 0.25) is 5.91 Å². The first kappa shape index (κ1) is 20.3. The topological polar surface area (TPSA) is 108 Å². The van der Waals surface area contributed by atoms with Crippen molar-refractivity contribution in [3.8, 4) is 5.75 Å². The zero-order chi connectivity index (χ0) is 19.3. The molecule has 0 heterocycles. The highest BCUT2D eigenvalue weighted by Crippen LogP contribution is 2.30. The average Bonchev–Trinajstić information content (AvgIpc) is 2.61. The summed E-state index contributed by atoms with van der Waals surface area (Å²) in [6.07, 6.45) is 1.37. The van der Waals surface area contributed by atoms with Crippen molar-refractivity contribution in [2.75, 3.05) is 0 Å². The van der Waals surface area contributed by atoms with E-state index in [9.17, 15) is 19.5 Å². The van der Waals surface area contributed by atoms with E-state index in [4.69, 9.17) is 27.9 Å². The summed E-state index contributed by atoms with van der Waals surface area (Å²) in [5.74, 6) is -3.70. The summed E-state index contributed by atoms with van der Waals surface area (Å²) >= 11 is 11.8. The molecule has 142 valence electrons. The SMILES string of the molecule is C[C@H](Oc1ccc(Cl)cc1Cl)C(=O)NNC(=O)[C@H]1CCCC[C@H]1C(=O)[O-]. The Morgan fingerprint density at radius 3 is 2.42 bits per heavy atom. The molecule has 1 aromatic carbocycles. The van der Waals surface area contributed by atoms with Crippen LogP contribution in [-0.4, -0.2) is 23.9 Å². The molecule has 0 aromatic heterocycles. The highest BCUT2D eigenvalue weighted by molar-refractivity contribution is 6.35. The molecule has 26 heavy (non-hydrogen) atoms. The van der Waals surface area contributed by atoms with E-state index in [-0.39, 0.29) is 10.8 Å². The Bertz CT molecular complexity index is 698. The number of carboxylic acids is 1. The van der Waals surface area contributed by atoms with Crippen molar-refractivity contribution in [3.05, 3.63) is 28.2 Å².